The summed E-state index contributed by atoms with van der Waals surface area (Å²) in [5.74, 6) is -0.336. The van der Waals surface area contributed by atoms with E-state index < -0.39 is 86.8 Å². The van der Waals surface area contributed by atoms with E-state index in [4.69, 9.17) is 18.9 Å². The summed E-state index contributed by atoms with van der Waals surface area (Å²) in [4.78, 5) is 13.2. The van der Waals surface area contributed by atoms with Crippen LogP contribution in [0.3, 0.4) is 0 Å². The van der Waals surface area contributed by atoms with Crippen molar-refractivity contribution in [3.05, 3.63) is 97.2 Å². The van der Waals surface area contributed by atoms with E-state index in [0.717, 1.165) is 51.4 Å². The molecule has 0 aromatic carbocycles. The average molecular weight is 988 g/mol. The van der Waals surface area contributed by atoms with E-state index in [-0.39, 0.29) is 18.9 Å². The van der Waals surface area contributed by atoms with Gasteiger partial charge >= 0.3 is 0 Å². The lowest BCUT2D eigenvalue weighted by atomic mass is 9.97. The van der Waals surface area contributed by atoms with Gasteiger partial charge in [-0.25, -0.2) is 0 Å². The third-order valence-electron chi connectivity index (χ3n) is 12.3. The van der Waals surface area contributed by atoms with E-state index in [2.05, 4.69) is 92.1 Å². The molecule has 14 nitrogen and oxygen atoms in total. The number of hydrogen-bond donors (Lipinski definition) is 9. The van der Waals surface area contributed by atoms with Crippen LogP contribution in [0.1, 0.15) is 155 Å². The molecule has 14 heteroatoms. The summed E-state index contributed by atoms with van der Waals surface area (Å²) in [5, 5.41) is 86.7. The predicted molar refractivity (Wildman–Crippen MR) is 276 cm³/mol. The average Bonchev–Trinajstić information content (AvgIpc) is 3.36. The molecule has 70 heavy (non-hydrogen) atoms. The number of unbranched alkanes of at least 4 members (excludes halogenated alkanes) is 12. The van der Waals surface area contributed by atoms with Crippen molar-refractivity contribution in [3.8, 4) is 0 Å². The monoisotopic (exact) mass is 988 g/mol. The molecular weight excluding hydrogens is 895 g/mol. The largest absolute Gasteiger partial charge is 0.394 e. The fourth-order valence-corrected chi connectivity index (χ4v) is 7.97. The Morgan fingerprint density at radius 2 is 1.00 bits per heavy atom. The second-order valence-electron chi connectivity index (χ2n) is 18.3. The first kappa shape index (κ1) is 63.0. The van der Waals surface area contributed by atoms with Gasteiger partial charge in [-0.2, -0.15) is 0 Å². The van der Waals surface area contributed by atoms with Gasteiger partial charge in [0.2, 0.25) is 5.91 Å². The van der Waals surface area contributed by atoms with Crippen molar-refractivity contribution >= 4 is 5.91 Å². The Hall–Kier alpha value is -3.09. The van der Waals surface area contributed by atoms with Gasteiger partial charge in [0.25, 0.3) is 0 Å². The molecule has 1 amide bonds. The second kappa shape index (κ2) is 41.4. The number of carbonyl (C=O) groups is 1. The summed E-state index contributed by atoms with van der Waals surface area (Å²) in [6, 6.07) is -0.978. The third-order valence-corrected chi connectivity index (χ3v) is 12.3. The summed E-state index contributed by atoms with van der Waals surface area (Å²) in [7, 11) is 0. The van der Waals surface area contributed by atoms with Crippen LogP contribution in [0.5, 0.6) is 0 Å². The first-order chi connectivity index (χ1) is 34.1. The molecule has 12 unspecified atom stereocenters. The smallest absolute Gasteiger partial charge is 0.220 e. The number of nitrogens with one attached hydrogen (secondary N) is 1. The van der Waals surface area contributed by atoms with Gasteiger partial charge in [-0.15, -0.1) is 0 Å². The van der Waals surface area contributed by atoms with Crippen molar-refractivity contribution in [2.24, 2.45) is 0 Å². The molecule has 2 rings (SSSR count). The molecule has 0 aromatic heterocycles. The van der Waals surface area contributed by atoms with Crippen molar-refractivity contribution in [1.29, 1.82) is 0 Å². The summed E-state index contributed by atoms with van der Waals surface area (Å²) >= 11 is 0. The van der Waals surface area contributed by atoms with E-state index in [0.29, 0.717) is 12.8 Å². The van der Waals surface area contributed by atoms with Crippen LogP contribution in [0.15, 0.2) is 97.2 Å². The molecule has 0 bridgehead atoms. The van der Waals surface area contributed by atoms with Gasteiger partial charge < -0.3 is 65.1 Å². The van der Waals surface area contributed by atoms with E-state index in [1.165, 1.54) is 70.6 Å². The minimum absolute atomic E-state index is 0.143. The molecule has 0 saturated carbocycles. The van der Waals surface area contributed by atoms with Gasteiger partial charge in [0.15, 0.2) is 12.6 Å². The standard InChI is InChI=1S/C56H93NO13/c1-3-5-7-9-11-13-15-17-19-21-22-24-26-28-30-32-34-36-38-40-48(61)57-44(45(60)39-37-35-33-31-29-27-25-23-20-18-16-14-12-10-8-6-4-2)43-67-55-53(66)51(64)54(47(42-59)69-55)70-56-52(65)50(63)49(62)46(41-58)68-56/h5,7,11,13,17,19,22,24,28-31,34,36-37,39,44-47,49-56,58-60,62-66H,3-4,6,8-10,12,14-16,18,20-21,23,25-27,32-33,35,38,40-43H2,1-2H3,(H,57,61)/b7-5-,13-11-,19-17-,24-22-,30-28-,31-29+,36-34-,39-37+. The van der Waals surface area contributed by atoms with Crippen LogP contribution in [0.25, 0.3) is 0 Å². The van der Waals surface area contributed by atoms with Crippen molar-refractivity contribution < 1.29 is 64.6 Å². The lowest BCUT2D eigenvalue weighted by molar-refractivity contribution is -0.359. The number of allylic oxidation sites excluding steroid dienone is 15. The van der Waals surface area contributed by atoms with Gasteiger partial charge in [-0.3, -0.25) is 4.79 Å². The highest BCUT2D eigenvalue weighted by Crippen LogP contribution is 2.30. The Balaban J connectivity index is 1.89. The molecule has 2 aliphatic rings. The number of aliphatic hydroxyl groups excluding tert-OH is 8. The van der Waals surface area contributed by atoms with Gasteiger partial charge in [0, 0.05) is 6.42 Å². The zero-order valence-corrected chi connectivity index (χ0v) is 42.5. The number of rotatable bonds is 39. The van der Waals surface area contributed by atoms with Gasteiger partial charge in [0.1, 0.15) is 48.8 Å². The molecule has 2 saturated heterocycles. The molecule has 2 aliphatic heterocycles. The van der Waals surface area contributed by atoms with Crippen LogP contribution in [-0.2, 0) is 23.7 Å². The minimum atomic E-state index is -1.80. The summed E-state index contributed by atoms with van der Waals surface area (Å²) in [6.07, 6.45) is 38.9. The van der Waals surface area contributed by atoms with E-state index >= 15 is 0 Å². The van der Waals surface area contributed by atoms with Crippen LogP contribution in [0.2, 0.25) is 0 Å². The van der Waals surface area contributed by atoms with Crippen molar-refractivity contribution in [1.82, 2.24) is 5.32 Å². The lowest BCUT2D eigenvalue weighted by Crippen LogP contribution is -2.65. The quantitative estimate of drug-likeness (QED) is 0.0215. The normalized spacial score (nSPS) is 26.8. The van der Waals surface area contributed by atoms with E-state index in [9.17, 15) is 45.6 Å². The zero-order valence-electron chi connectivity index (χ0n) is 42.5. The zero-order chi connectivity index (χ0) is 51.0. The molecule has 0 spiro atoms. The minimum Gasteiger partial charge on any atom is -0.394 e. The number of carbonyl (C=O) groups excluding carboxylic acids is 1. The topological polar surface area (TPSA) is 228 Å². The summed E-state index contributed by atoms with van der Waals surface area (Å²) < 4.78 is 22.6. The Morgan fingerprint density at radius 3 is 1.56 bits per heavy atom. The number of amides is 1. The number of hydrogen-bond acceptors (Lipinski definition) is 13. The van der Waals surface area contributed by atoms with Crippen LogP contribution in [0.4, 0.5) is 0 Å². The Bertz CT molecular complexity index is 1540. The SMILES string of the molecule is CC/C=C\C/C=C\C/C=C\C/C=C\C/C=C\C/C=C\CCC(=O)NC(COC1OC(CO)C(OC2OC(CO)C(O)C(O)C2O)C(O)C1O)C(O)/C=C/CC/C=C/CCCCCCCCCCCCC. The molecular formula is C56H93NO13. The Labute approximate surface area is 420 Å². The molecule has 0 radical (unpaired) electrons. The molecule has 12 atom stereocenters. The summed E-state index contributed by atoms with van der Waals surface area (Å²) in [6.45, 7) is 2.58. The Kier molecular flexibility index (Phi) is 37.3. The fraction of sp³-hybridized carbons (Fsp3) is 0.696. The van der Waals surface area contributed by atoms with Gasteiger partial charge in [0.05, 0.1) is 32.0 Å². The molecule has 0 aliphatic carbocycles. The van der Waals surface area contributed by atoms with Crippen LogP contribution < -0.4 is 5.32 Å². The van der Waals surface area contributed by atoms with Crippen molar-refractivity contribution in [3.63, 3.8) is 0 Å². The number of ether oxygens (including phenoxy) is 4. The fourth-order valence-electron chi connectivity index (χ4n) is 7.97. The maximum atomic E-state index is 13.2. The molecule has 400 valence electrons. The Morgan fingerprint density at radius 1 is 0.529 bits per heavy atom. The highest BCUT2D eigenvalue weighted by molar-refractivity contribution is 5.76. The molecule has 0 aromatic rings. The molecule has 2 heterocycles. The highest BCUT2D eigenvalue weighted by Gasteiger charge is 2.51. The van der Waals surface area contributed by atoms with Gasteiger partial charge in [-0.05, 0) is 70.6 Å². The first-order valence-electron chi connectivity index (χ1n) is 26.5. The maximum Gasteiger partial charge on any atom is 0.220 e. The van der Waals surface area contributed by atoms with Crippen LogP contribution in [0, 0.1) is 0 Å². The molecule has 2 fully saturated rings. The predicted octanol–water partition coefficient (Wildman–Crippen LogP) is 7.54. The highest BCUT2D eigenvalue weighted by atomic mass is 16.7. The van der Waals surface area contributed by atoms with Gasteiger partial charge in [-0.1, -0.05) is 175 Å². The first-order valence-corrected chi connectivity index (χ1v) is 26.5. The van der Waals surface area contributed by atoms with Crippen LogP contribution in [-0.4, -0.2) is 140 Å². The number of aliphatic hydroxyl groups is 8. The summed E-state index contributed by atoms with van der Waals surface area (Å²) in [5.41, 5.74) is 0. The van der Waals surface area contributed by atoms with Crippen LogP contribution >= 0.6 is 0 Å². The van der Waals surface area contributed by atoms with E-state index in [1.54, 1.807) is 6.08 Å². The second-order valence-corrected chi connectivity index (χ2v) is 18.3. The third kappa shape index (κ3) is 27.7. The lowest BCUT2D eigenvalue weighted by Gasteiger charge is -2.46. The maximum absolute atomic E-state index is 13.2. The van der Waals surface area contributed by atoms with Crippen molar-refractivity contribution in [2.75, 3.05) is 19.8 Å². The van der Waals surface area contributed by atoms with E-state index in [1.807, 2.05) is 18.2 Å². The molecule has 9 N–H and O–H groups in total. The van der Waals surface area contributed by atoms with Crippen molar-refractivity contribution in [2.45, 2.75) is 229 Å².